The number of aryl methyl sites for hydroxylation is 1. The van der Waals surface area contributed by atoms with Gasteiger partial charge >= 0.3 is 5.69 Å². The molecule has 1 aliphatic heterocycles. The summed E-state index contributed by atoms with van der Waals surface area (Å²) < 4.78 is 4.42. The minimum Gasteiger partial charge on any atom is -0.298 e. The first-order valence-electron chi connectivity index (χ1n) is 10.8. The average molecular weight is 444 g/mol. The number of Topliss-reactive ketones (excluding diaryl/α,β-unsaturated/α-hetero) is 1. The fourth-order valence-electron chi connectivity index (χ4n) is 4.44. The minimum atomic E-state index is -0.445. The Hall–Kier alpha value is -4.01. The number of nitrogens with zero attached hydrogens (tertiary/aromatic N) is 6. The number of benzene rings is 2. The molecule has 0 N–H and O–H groups in total. The van der Waals surface area contributed by atoms with Crippen LogP contribution in [-0.2, 0) is 18.4 Å². The van der Waals surface area contributed by atoms with E-state index in [-0.39, 0.29) is 30.6 Å². The van der Waals surface area contributed by atoms with Crippen molar-refractivity contribution >= 4 is 39.4 Å². The smallest absolute Gasteiger partial charge is 0.298 e. The Morgan fingerprint density at radius 3 is 2.58 bits per heavy atom. The van der Waals surface area contributed by atoms with Gasteiger partial charge in [-0.1, -0.05) is 42.5 Å². The Kier molecular flexibility index (Phi) is 4.77. The largest absolute Gasteiger partial charge is 0.332 e. The highest BCUT2D eigenvalue weighted by molar-refractivity contribution is 5.92. The summed E-state index contributed by atoms with van der Waals surface area (Å²) in [7, 11) is 1.61. The molecular formula is C24H24N6O3. The molecule has 33 heavy (non-hydrogen) atoms. The lowest BCUT2D eigenvalue weighted by Crippen LogP contribution is -2.40. The minimum absolute atomic E-state index is 0.0333. The Morgan fingerprint density at radius 2 is 1.82 bits per heavy atom. The van der Waals surface area contributed by atoms with Crippen LogP contribution in [0.5, 0.6) is 0 Å². The predicted molar refractivity (Wildman–Crippen MR) is 128 cm³/mol. The van der Waals surface area contributed by atoms with Crippen LogP contribution in [0.4, 0.5) is 5.95 Å². The van der Waals surface area contributed by atoms with Crippen LogP contribution in [-0.4, -0.2) is 36.7 Å². The molecule has 1 atom stereocenters. The molecule has 0 saturated carbocycles. The molecule has 9 nitrogen and oxygen atoms in total. The van der Waals surface area contributed by atoms with Crippen molar-refractivity contribution in [3.63, 3.8) is 0 Å². The van der Waals surface area contributed by atoms with Crippen molar-refractivity contribution in [3.05, 3.63) is 68.9 Å². The monoisotopic (exact) mass is 444 g/mol. The number of carbonyl (C=O) groups is 1. The lowest BCUT2D eigenvalue weighted by atomic mass is 10.0. The van der Waals surface area contributed by atoms with E-state index in [1.807, 2.05) is 56.3 Å². The third kappa shape index (κ3) is 3.19. The van der Waals surface area contributed by atoms with Crippen LogP contribution in [0.15, 0.2) is 57.2 Å². The maximum Gasteiger partial charge on any atom is 0.332 e. The predicted octanol–water partition coefficient (Wildman–Crippen LogP) is 2.44. The fraction of sp³-hybridized carbons (Fsp3) is 0.292. The molecule has 5 rings (SSSR count). The molecule has 3 heterocycles. The van der Waals surface area contributed by atoms with Crippen LogP contribution in [0.3, 0.4) is 0 Å². The second kappa shape index (κ2) is 7.54. The van der Waals surface area contributed by atoms with Gasteiger partial charge in [0.25, 0.3) is 5.56 Å². The highest BCUT2D eigenvalue weighted by Crippen LogP contribution is 2.29. The second-order valence-corrected chi connectivity index (χ2v) is 8.50. The van der Waals surface area contributed by atoms with Crippen molar-refractivity contribution in [1.29, 1.82) is 0 Å². The molecule has 0 amide bonds. The molecule has 0 spiro atoms. The first-order valence-corrected chi connectivity index (χ1v) is 10.8. The van der Waals surface area contributed by atoms with E-state index in [2.05, 4.69) is 10.1 Å². The van der Waals surface area contributed by atoms with Crippen LogP contribution in [0.2, 0.25) is 0 Å². The van der Waals surface area contributed by atoms with Crippen LogP contribution in [0, 0.1) is 0 Å². The molecule has 168 valence electrons. The van der Waals surface area contributed by atoms with Crippen molar-refractivity contribution in [2.45, 2.75) is 33.4 Å². The summed E-state index contributed by atoms with van der Waals surface area (Å²) >= 11 is 0. The molecule has 9 heteroatoms. The topological polar surface area (TPSA) is 94.5 Å². The molecule has 0 radical (unpaired) electrons. The van der Waals surface area contributed by atoms with Gasteiger partial charge < -0.3 is 0 Å². The standard InChI is InChI=1S/C24H24N6O3/c1-14(31)12-29-23-25-21-20(30(23)16(3)15(2)26-29)22(32)28(24(33)27(21)4)13-18-10-7-9-17-8-5-6-11-19(17)18/h5-11,16H,12-13H2,1-4H3/t16-/m1/s1. The van der Waals surface area contributed by atoms with E-state index in [1.54, 1.807) is 11.6 Å². The van der Waals surface area contributed by atoms with Gasteiger partial charge in [-0.05, 0) is 37.1 Å². The maximum atomic E-state index is 13.7. The van der Waals surface area contributed by atoms with E-state index < -0.39 is 11.2 Å². The Labute approximate surface area is 189 Å². The number of hydrazone groups is 1. The van der Waals surface area contributed by atoms with Crippen LogP contribution in [0.25, 0.3) is 21.9 Å². The summed E-state index contributed by atoms with van der Waals surface area (Å²) in [4.78, 5) is 43.3. The summed E-state index contributed by atoms with van der Waals surface area (Å²) in [5.74, 6) is 0.301. The number of ketones is 1. The number of hydrogen-bond acceptors (Lipinski definition) is 6. The molecular weight excluding hydrogens is 420 g/mol. The Bertz CT molecular complexity index is 1580. The van der Waals surface area contributed by atoms with Crippen LogP contribution in [0.1, 0.15) is 32.4 Å². The third-order valence-corrected chi connectivity index (χ3v) is 6.24. The number of aromatic nitrogens is 4. The van der Waals surface area contributed by atoms with Gasteiger partial charge in [-0.2, -0.15) is 10.1 Å². The van der Waals surface area contributed by atoms with E-state index in [4.69, 9.17) is 0 Å². The zero-order valence-corrected chi connectivity index (χ0v) is 18.9. The van der Waals surface area contributed by atoms with E-state index in [9.17, 15) is 14.4 Å². The average Bonchev–Trinajstić information content (AvgIpc) is 3.20. The summed E-state index contributed by atoms with van der Waals surface area (Å²) in [5, 5.41) is 8.03. The van der Waals surface area contributed by atoms with Gasteiger partial charge in [0.1, 0.15) is 6.54 Å². The number of rotatable bonds is 4. The zero-order valence-electron chi connectivity index (χ0n) is 18.9. The molecule has 0 fully saturated rings. The number of imidazole rings is 1. The molecule has 0 saturated heterocycles. The van der Waals surface area contributed by atoms with Gasteiger partial charge in [0.05, 0.1) is 18.3 Å². The molecule has 1 aliphatic rings. The Balaban J connectivity index is 1.76. The molecule has 2 aromatic heterocycles. The van der Waals surface area contributed by atoms with Crippen molar-refractivity contribution in [2.75, 3.05) is 11.6 Å². The van der Waals surface area contributed by atoms with Crippen molar-refractivity contribution in [3.8, 4) is 0 Å². The molecule has 0 bridgehead atoms. The lowest BCUT2D eigenvalue weighted by Gasteiger charge is -2.28. The van der Waals surface area contributed by atoms with Crippen molar-refractivity contribution in [1.82, 2.24) is 18.7 Å². The number of carbonyl (C=O) groups excluding carboxylic acids is 1. The Morgan fingerprint density at radius 1 is 1.09 bits per heavy atom. The molecule has 0 unspecified atom stereocenters. The van der Waals surface area contributed by atoms with Gasteiger partial charge in [0.15, 0.2) is 16.9 Å². The summed E-state index contributed by atoms with van der Waals surface area (Å²) in [6.07, 6.45) is 0. The van der Waals surface area contributed by atoms with E-state index in [0.29, 0.717) is 11.5 Å². The number of hydrogen-bond donors (Lipinski definition) is 0. The van der Waals surface area contributed by atoms with Gasteiger partial charge in [0.2, 0.25) is 5.95 Å². The second-order valence-electron chi connectivity index (χ2n) is 8.50. The van der Waals surface area contributed by atoms with Gasteiger partial charge in [-0.3, -0.25) is 23.3 Å². The summed E-state index contributed by atoms with van der Waals surface area (Å²) in [6.45, 7) is 5.42. The normalized spacial score (nSPS) is 15.7. The summed E-state index contributed by atoms with van der Waals surface area (Å²) in [6, 6.07) is 13.5. The van der Waals surface area contributed by atoms with Crippen molar-refractivity contribution < 1.29 is 4.79 Å². The van der Waals surface area contributed by atoms with Crippen LogP contribution < -0.4 is 16.3 Å². The van der Waals surface area contributed by atoms with E-state index in [1.165, 1.54) is 21.1 Å². The fourth-order valence-corrected chi connectivity index (χ4v) is 4.44. The maximum absolute atomic E-state index is 13.7. The van der Waals surface area contributed by atoms with Crippen molar-refractivity contribution in [2.24, 2.45) is 12.1 Å². The first-order chi connectivity index (χ1) is 15.8. The van der Waals surface area contributed by atoms with E-state index in [0.717, 1.165) is 22.0 Å². The number of anilines is 1. The van der Waals surface area contributed by atoms with Gasteiger partial charge in [0, 0.05) is 7.05 Å². The van der Waals surface area contributed by atoms with Gasteiger partial charge in [-0.25, -0.2) is 9.80 Å². The third-order valence-electron chi connectivity index (χ3n) is 6.24. The van der Waals surface area contributed by atoms with Crippen LogP contribution >= 0.6 is 0 Å². The molecule has 4 aromatic rings. The first kappa shape index (κ1) is 20.9. The van der Waals surface area contributed by atoms with E-state index >= 15 is 0 Å². The zero-order chi connectivity index (χ0) is 23.4. The summed E-state index contributed by atoms with van der Waals surface area (Å²) in [5.41, 5.74) is 1.37. The SMILES string of the molecule is CC(=O)CN1N=C(C)[C@@H](C)n2c1nc1c2c(=O)n(Cc2cccc3ccccc23)c(=O)n1C. The highest BCUT2D eigenvalue weighted by atomic mass is 16.2. The van der Waals surface area contributed by atoms with Gasteiger partial charge in [-0.15, -0.1) is 0 Å². The molecule has 0 aliphatic carbocycles. The highest BCUT2D eigenvalue weighted by Gasteiger charge is 2.31. The quantitative estimate of drug-likeness (QED) is 0.482. The lowest BCUT2D eigenvalue weighted by molar-refractivity contribution is -0.115. The molecule has 2 aromatic carbocycles. The number of fused-ring (bicyclic) bond motifs is 4.